The van der Waals surface area contributed by atoms with Gasteiger partial charge in [-0.15, -0.1) is 0 Å². The smallest absolute Gasteiger partial charge is 0.325 e. The summed E-state index contributed by atoms with van der Waals surface area (Å²) >= 11 is 0. The van der Waals surface area contributed by atoms with Gasteiger partial charge in [-0.1, -0.05) is 0 Å². The fourth-order valence-electron chi connectivity index (χ4n) is 1.03. The molecule has 0 aliphatic rings. The number of nitrogens with one attached hydrogen (secondary N) is 1. The van der Waals surface area contributed by atoms with Gasteiger partial charge in [-0.25, -0.2) is 4.39 Å². The molecule has 1 aromatic carbocycles. The first-order valence-electron chi connectivity index (χ1n) is 4.44. The number of rotatable bonds is 3. The molecule has 5 nitrogen and oxygen atoms in total. The van der Waals surface area contributed by atoms with Crippen molar-refractivity contribution in [3.63, 3.8) is 0 Å². The lowest BCUT2D eigenvalue weighted by Crippen LogP contribution is -2.38. The predicted molar refractivity (Wildman–Crippen MR) is 52.6 cm³/mol. The highest BCUT2D eigenvalue weighted by atomic mass is 19.1. The van der Waals surface area contributed by atoms with Gasteiger partial charge >= 0.3 is 5.97 Å². The summed E-state index contributed by atoms with van der Waals surface area (Å²) < 4.78 is 12.6. The quantitative estimate of drug-likeness (QED) is 0.710. The van der Waals surface area contributed by atoms with Gasteiger partial charge in [0.2, 0.25) is 0 Å². The molecular formula is C10H10FNO4. The Balaban J connectivity index is 2.85. The normalized spacial score (nSPS) is 11.9. The van der Waals surface area contributed by atoms with E-state index in [1.54, 1.807) is 0 Å². The average Bonchev–Trinajstić information content (AvgIpc) is 2.16. The van der Waals surface area contributed by atoms with Gasteiger partial charge in [0.1, 0.15) is 17.6 Å². The molecule has 0 saturated heterocycles. The van der Waals surface area contributed by atoms with Crippen LogP contribution in [0.5, 0.6) is 5.75 Å². The highest BCUT2D eigenvalue weighted by Crippen LogP contribution is 2.17. The number of carbonyl (C=O) groups is 2. The summed E-state index contributed by atoms with van der Waals surface area (Å²) in [6, 6.07) is 1.77. The third-order valence-corrected chi connectivity index (χ3v) is 1.92. The maximum absolute atomic E-state index is 12.6. The first-order valence-corrected chi connectivity index (χ1v) is 4.44. The molecule has 0 aromatic heterocycles. The zero-order valence-electron chi connectivity index (χ0n) is 8.40. The molecule has 1 atom stereocenters. The Morgan fingerprint density at radius 3 is 2.56 bits per heavy atom. The molecule has 0 aliphatic carbocycles. The van der Waals surface area contributed by atoms with E-state index in [1.165, 1.54) is 6.92 Å². The molecule has 16 heavy (non-hydrogen) atoms. The predicted octanol–water partition coefficient (Wildman–Crippen LogP) is 0.734. The lowest BCUT2D eigenvalue weighted by molar-refractivity contribution is -0.138. The summed E-state index contributed by atoms with van der Waals surface area (Å²) in [5.74, 6) is -3.18. The van der Waals surface area contributed by atoms with Crippen molar-refractivity contribution in [1.29, 1.82) is 0 Å². The highest BCUT2D eigenvalue weighted by Gasteiger charge is 2.17. The second kappa shape index (κ2) is 4.61. The van der Waals surface area contributed by atoms with E-state index in [4.69, 9.17) is 5.11 Å². The molecule has 1 rings (SSSR count). The van der Waals surface area contributed by atoms with Gasteiger partial charge in [-0.3, -0.25) is 9.59 Å². The first kappa shape index (κ1) is 12.0. The average molecular weight is 227 g/mol. The van der Waals surface area contributed by atoms with Gasteiger partial charge in [0.25, 0.3) is 5.91 Å². The second-order valence-corrected chi connectivity index (χ2v) is 3.19. The standard InChI is InChI=1S/C10H10FNO4/c1-5(10(15)16)12-9(14)7-3-2-6(11)4-8(7)13/h2-5,13H,1H3,(H,12,14)(H,15,16). The summed E-state index contributed by atoms with van der Waals surface area (Å²) in [5, 5.41) is 20.0. The van der Waals surface area contributed by atoms with Gasteiger partial charge in [0.15, 0.2) is 0 Å². The van der Waals surface area contributed by atoms with E-state index >= 15 is 0 Å². The largest absolute Gasteiger partial charge is 0.507 e. The number of benzene rings is 1. The molecule has 0 bridgehead atoms. The van der Waals surface area contributed by atoms with E-state index in [0.717, 1.165) is 18.2 Å². The molecule has 0 spiro atoms. The van der Waals surface area contributed by atoms with Gasteiger partial charge in [0, 0.05) is 6.07 Å². The molecule has 1 aromatic rings. The molecule has 3 N–H and O–H groups in total. The van der Waals surface area contributed by atoms with Crippen molar-refractivity contribution >= 4 is 11.9 Å². The minimum atomic E-state index is -1.20. The van der Waals surface area contributed by atoms with Crippen LogP contribution < -0.4 is 5.32 Å². The van der Waals surface area contributed by atoms with Gasteiger partial charge < -0.3 is 15.5 Å². The Labute approximate surface area is 90.5 Å². The monoisotopic (exact) mass is 227 g/mol. The highest BCUT2D eigenvalue weighted by molar-refractivity contribution is 5.98. The maximum Gasteiger partial charge on any atom is 0.325 e. The number of hydrogen-bond acceptors (Lipinski definition) is 3. The molecule has 0 saturated carbocycles. The third kappa shape index (κ3) is 2.69. The Kier molecular flexibility index (Phi) is 3.44. The van der Waals surface area contributed by atoms with E-state index in [-0.39, 0.29) is 5.56 Å². The lowest BCUT2D eigenvalue weighted by Gasteiger charge is -2.10. The molecule has 0 aliphatic heterocycles. The first-order chi connectivity index (χ1) is 7.41. The van der Waals surface area contributed by atoms with Crippen LogP contribution in [0.15, 0.2) is 18.2 Å². The third-order valence-electron chi connectivity index (χ3n) is 1.92. The zero-order valence-corrected chi connectivity index (χ0v) is 8.40. The van der Waals surface area contributed by atoms with Crippen LogP contribution in [0.2, 0.25) is 0 Å². The number of aromatic hydroxyl groups is 1. The van der Waals surface area contributed by atoms with Crippen LogP contribution in [0.4, 0.5) is 4.39 Å². The topological polar surface area (TPSA) is 86.6 Å². The number of halogens is 1. The molecule has 1 unspecified atom stereocenters. The van der Waals surface area contributed by atoms with Crippen LogP contribution in [0.25, 0.3) is 0 Å². The van der Waals surface area contributed by atoms with Crippen LogP contribution in [-0.2, 0) is 4.79 Å². The van der Waals surface area contributed by atoms with Crippen molar-refractivity contribution in [2.75, 3.05) is 0 Å². The van der Waals surface area contributed by atoms with Crippen LogP contribution >= 0.6 is 0 Å². The van der Waals surface area contributed by atoms with Crippen LogP contribution in [0.1, 0.15) is 17.3 Å². The van der Waals surface area contributed by atoms with E-state index in [2.05, 4.69) is 5.32 Å². The number of phenols is 1. The van der Waals surface area contributed by atoms with Gasteiger partial charge in [0.05, 0.1) is 5.56 Å². The maximum atomic E-state index is 12.6. The summed E-state index contributed by atoms with van der Waals surface area (Å²) in [5.41, 5.74) is -0.172. The van der Waals surface area contributed by atoms with E-state index in [9.17, 15) is 19.1 Å². The number of aliphatic carboxylic acids is 1. The number of carbonyl (C=O) groups excluding carboxylic acids is 1. The summed E-state index contributed by atoms with van der Waals surface area (Å²) in [4.78, 5) is 21.9. The van der Waals surface area contributed by atoms with Crippen molar-refractivity contribution in [3.8, 4) is 5.75 Å². The van der Waals surface area contributed by atoms with Crippen LogP contribution in [0.3, 0.4) is 0 Å². The van der Waals surface area contributed by atoms with Gasteiger partial charge in [-0.2, -0.15) is 0 Å². The van der Waals surface area contributed by atoms with Crippen molar-refractivity contribution in [3.05, 3.63) is 29.6 Å². The molecule has 0 fully saturated rings. The van der Waals surface area contributed by atoms with Crippen molar-refractivity contribution < 1.29 is 24.2 Å². The lowest BCUT2D eigenvalue weighted by atomic mass is 10.1. The fraction of sp³-hybridized carbons (Fsp3) is 0.200. The van der Waals surface area contributed by atoms with E-state index < -0.39 is 29.5 Å². The zero-order chi connectivity index (χ0) is 12.3. The minimum absolute atomic E-state index is 0.172. The van der Waals surface area contributed by atoms with Crippen molar-refractivity contribution in [1.82, 2.24) is 5.32 Å². The number of phenolic OH excluding ortho intramolecular Hbond substituents is 1. The number of carboxylic acid groups (broad SMARTS) is 1. The Morgan fingerprint density at radius 1 is 1.44 bits per heavy atom. The van der Waals surface area contributed by atoms with E-state index in [1.807, 2.05) is 0 Å². The van der Waals surface area contributed by atoms with Gasteiger partial charge in [-0.05, 0) is 19.1 Å². The number of amides is 1. The minimum Gasteiger partial charge on any atom is -0.507 e. The number of carboxylic acids is 1. The Hall–Kier alpha value is -2.11. The van der Waals surface area contributed by atoms with Crippen LogP contribution in [-0.4, -0.2) is 28.1 Å². The molecule has 0 heterocycles. The molecule has 0 radical (unpaired) electrons. The second-order valence-electron chi connectivity index (χ2n) is 3.19. The van der Waals surface area contributed by atoms with E-state index in [0.29, 0.717) is 0 Å². The number of hydrogen-bond donors (Lipinski definition) is 3. The molecular weight excluding hydrogens is 217 g/mol. The van der Waals surface area contributed by atoms with Crippen molar-refractivity contribution in [2.45, 2.75) is 13.0 Å². The Bertz CT molecular complexity index is 433. The molecule has 1 amide bonds. The SMILES string of the molecule is CC(NC(=O)c1ccc(F)cc1O)C(=O)O. The summed E-state index contributed by atoms with van der Waals surface area (Å²) in [7, 11) is 0. The van der Waals surface area contributed by atoms with Crippen LogP contribution in [0, 0.1) is 5.82 Å². The summed E-state index contributed by atoms with van der Waals surface area (Å²) in [6.07, 6.45) is 0. The Morgan fingerprint density at radius 2 is 2.06 bits per heavy atom. The van der Waals surface area contributed by atoms with Crippen molar-refractivity contribution in [2.24, 2.45) is 0 Å². The fourth-order valence-corrected chi connectivity index (χ4v) is 1.03. The summed E-state index contributed by atoms with van der Waals surface area (Å²) in [6.45, 7) is 1.28. The molecule has 86 valence electrons. The molecule has 6 heteroatoms.